The fraction of sp³-hybridized carbons (Fsp3) is 0.533. The lowest BCUT2D eigenvalue weighted by atomic mass is 9.96. The largest absolute Gasteiger partial charge is 0.497 e. The SMILES string of the molecule is COc1ccc(C(C)(O)CNC(=O)OC(C)(C)C)cc1. The van der Waals surface area contributed by atoms with Crippen molar-refractivity contribution < 1.29 is 19.4 Å². The monoisotopic (exact) mass is 281 g/mol. The van der Waals surface area contributed by atoms with Crippen LogP contribution < -0.4 is 10.1 Å². The molecule has 0 aliphatic rings. The second-order valence-electron chi connectivity index (χ2n) is 5.86. The smallest absolute Gasteiger partial charge is 0.407 e. The van der Waals surface area contributed by atoms with Crippen LogP contribution in [0, 0.1) is 0 Å². The Balaban J connectivity index is 2.62. The van der Waals surface area contributed by atoms with E-state index in [0.29, 0.717) is 11.3 Å². The van der Waals surface area contributed by atoms with Crippen LogP contribution in [-0.4, -0.2) is 30.5 Å². The molecule has 1 unspecified atom stereocenters. The first-order valence-corrected chi connectivity index (χ1v) is 6.48. The summed E-state index contributed by atoms with van der Waals surface area (Å²) in [5.74, 6) is 0.713. The Labute approximate surface area is 119 Å². The number of hydrogen-bond acceptors (Lipinski definition) is 4. The number of ether oxygens (including phenoxy) is 2. The Hall–Kier alpha value is -1.75. The molecule has 2 N–H and O–H groups in total. The minimum atomic E-state index is -1.18. The van der Waals surface area contributed by atoms with Crippen molar-refractivity contribution in [3.05, 3.63) is 29.8 Å². The van der Waals surface area contributed by atoms with Crippen LogP contribution in [0.4, 0.5) is 4.79 Å². The molecule has 0 heterocycles. The van der Waals surface area contributed by atoms with Crippen LogP contribution in [-0.2, 0) is 10.3 Å². The quantitative estimate of drug-likeness (QED) is 0.889. The molecule has 0 aliphatic carbocycles. The van der Waals surface area contributed by atoms with E-state index in [-0.39, 0.29) is 6.54 Å². The molecule has 0 aliphatic heterocycles. The fourth-order valence-corrected chi connectivity index (χ4v) is 1.61. The van der Waals surface area contributed by atoms with Crippen LogP contribution >= 0.6 is 0 Å². The molecular weight excluding hydrogens is 258 g/mol. The van der Waals surface area contributed by atoms with Crippen molar-refractivity contribution in [1.82, 2.24) is 5.32 Å². The Morgan fingerprint density at radius 1 is 1.20 bits per heavy atom. The third-order valence-corrected chi connectivity index (χ3v) is 2.69. The first kappa shape index (κ1) is 16.3. The van der Waals surface area contributed by atoms with Crippen LogP contribution in [0.3, 0.4) is 0 Å². The molecule has 1 amide bonds. The molecule has 0 bridgehead atoms. The van der Waals surface area contributed by atoms with E-state index in [4.69, 9.17) is 9.47 Å². The maximum atomic E-state index is 11.6. The van der Waals surface area contributed by atoms with Crippen molar-refractivity contribution in [2.45, 2.75) is 38.9 Å². The average molecular weight is 281 g/mol. The Kier molecular flexibility index (Phi) is 5.00. The molecule has 0 radical (unpaired) electrons. The maximum Gasteiger partial charge on any atom is 0.407 e. The van der Waals surface area contributed by atoms with Gasteiger partial charge in [-0.25, -0.2) is 4.79 Å². The van der Waals surface area contributed by atoms with Gasteiger partial charge in [-0.2, -0.15) is 0 Å². The normalized spacial score (nSPS) is 14.3. The molecule has 0 spiro atoms. The summed E-state index contributed by atoms with van der Waals surface area (Å²) in [6, 6.07) is 7.04. The highest BCUT2D eigenvalue weighted by molar-refractivity contribution is 5.67. The molecule has 0 saturated carbocycles. The van der Waals surface area contributed by atoms with Crippen LogP contribution in [0.15, 0.2) is 24.3 Å². The molecule has 1 rings (SSSR count). The summed E-state index contributed by atoms with van der Waals surface area (Å²) in [5.41, 5.74) is -1.05. The molecule has 1 aromatic rings. The van der Waals surface area contributed by atoms with Crippen LogP contribution in [0.25, 0.3) is 0 Å². The van der Waals surface area contributed by atoms with Crippen molar-refractivity contribution >= 4 is 6.09 Å². The Morgan fingerprint density at radius 2 is 1.75 bits per heavy atom. The van der Waals surface area contributed by atoms with Gasteiger partial charge in [0.25, 0.3) is 0 Å². The van der Waals surface area contributed by atoms with E-state index in [0.717, 1.165) is 0 Å². The minimum absolute atomic E-state index is 0.0637. The predicted molar refractivity (Wildman–Crippen MR) is 76.8 cm³/mol. The standard InChI is InChI=1S/C15H23NO4/c1-14(2,3)20-13(17)16-10-15(4,18)11-6-8-12(19-5)9-7-11/h6-9,18H,10H2,1-5H3,(H,16,17). The first-order chi connectivity index (χ1) is 9.14. The molecule has 20 heavy (non-hydrogen) atoms. The van der Waals surface area contributed by atoms with Gasteiger partial charge < -0.3 is 19.9 Å². The van der Waals surface area contributed by atoms with Gasteiger partial charge in [-0.05, 0) is 45.4 Å². The topological polar surface area (TPSA) is 67.8 Å². The number of methoxy groups -OCH3 is 1. The maximum absolute atomic E-state index is 11.6. The molecule has 1 aromatic carbocycles. The van der Waals surface area contributed by atoms with Gasteiger partial charge in [-0.15, -0.1) is 0 Å². The van der Waals surface area contributed by atoms with Gasteiger partial charge in [0.05, 0.1) is 13.7 Å². The third-order valence-electron chi connectivity index (χ3n) is 2.69. The number of carbonyl (C=O) groups excluding carboxylic acids is 1. The summed E-state index contributed by atoms with van der Waals surface area (Å²) in [6.07, 6.45) is -0.550. The lowest BCUT2D eigenvalue weighted by molar-refractivity contribution is 0.0316. The number of carbonyl (C=O) groups is 1. The number of rotatable bonds is 4. The molecule has 1 atom stereocenters. The highest BCUT2D eigenvalue weighted by Gasteiger charge is 2.25. The number of benzene rings is 1. The van der Waals surface area contributed by atoms with Crippen molar-refractivity contribution in [1.29, 1.82) is 0 Å². The van der Waals surface area contributed by atoms with E-state index in [1.165, 1.54) is 0 Å². The van der Waals surface area contributed by atoms with Crippen molar-refractivity contribution in [2.75, 3.05) is 13.7 Å². The summed E-state index contributed by atoms with van der Waals surface area (Å²) in [4.78, 5) is 11.6. The molecule has 112 valence electrons. The van der Waals surface area contributed by atoms with Gasteiger partial charge in [0, 0.05) is 0 Å². The van der Waals surface area contributed by atoms with Gasteiger partial charge >= 0.3 is 6.09 Å². The van der Waals surface area contributed by atoms with E-state index in [9.17, 15) is 9.90 Å². The van der Waals surface area contributed by atoms with Crippen molar-refractivity contribution in [3.63, 3.8) is 0 Å². The van der Waals surface area contributed by atoms with Crippen LogP contribution in [0.5, 0.6) is 5.75 Å². The van der Waals surface area contributed by atoms with Gasteiger partial charge in [-0.1, -0.05) is 12.1 Å². The van der Waals surface area contributed by atoms with Gasteiger partial charge in [-0.3, -0.25) is 0 Å². The highest BCUT2D eigenvalue weighted by atomic mass is 16.6. The van der Waals surface area contributed by atoms with Crippen LogP contribution in [0.2, 0.25) is 0 Å². The predicted octanol–water partition coefficient (Wildman–Crippen LogP) is 2.43. The average Bonchev–Trinajstić information content (AvgIpc) is 2.35. The number of alkyl carbamates (subject to hydrolysis) is 1. The van der Waals surface area contributed by atoms with E-state index >= 15 is 0 Å². The zero-order valence-corrected chi connectivity index (χ0v) is 12.7. The lowest BCUT2D eigenvalue weighted by Crippen LogP contribution is -2.41. The van der Waals surface area contributed by atoms with E-state index in [1.807, 2.05) is 0 Å². The Bertz CT molecular complexity index is 446. The molecule has 0 aromatic heterocycles. The summed E-state index contributed by atoms with van der Waals surface area (Å²) in [7, 11) is 1.58. The third kappa shape index (κ3) is 5.09. The fourth-order valence-electron chi connectivity index (χ4n) is 1.61. The minimum Gasteiger partial charge on any atom is -0.497 e. The summed E-state index contributed by atoms with van der Waals surface area (Å²) >= 11 is 0. The second kappa shape index (κ2) is 6.13. The highest BCUT2D eigenvalue weighted by Crippen LogP contribution is 2.22. The summed E-state index contributed by atoms with van der Waals surface area (Å²) < 4.78 is 10.2. The second-order valence-corrected chi connectivity index (χ2v) is 5.86. The van der Waals surface area contributed by atoms with Gasteiger partial charge in [0.15, 0.2) is 0 Å². The van der Waals surface area contributed by atoms with Gasteiger partial charge in [0.1, 0.15) is 17.0 Å². The Morgan fingerprint density at radius 3 is 2.20 bits per heavy atom. The summed E-state index contributed by atoms with van der Waals surface area (Å²) in [6.45, 7) is 7.05. The number of hydrogen-bond donors (Lipinski definition) is 2. The first-order valence-electron chi connectivity index (χ1n) is 6.48. The zero-order valence-electron chi connectivity index (χ0n) is 12.7. The number of aliphatic hydroxyl groups is 1. The van der Waals surface area contributed by atoms with E-state index < -0.39 is 17.3 Å². The summed E-state index contributed by atoms with van der Waals surface area (Å²) in [5, 5.41) is 12.9. The van der Waals surface area contributed by atoms with E-state index in [2.05, 4.69) is 5.32 Å². The molecule has 0 saturated heterocycles. The molecule has 5 heteroatoms. The van der Waals surface area contributed by atoms with Crippen molar-refractivity contribution in [2.24, 2.45) is 0 Å². The molecule has 0 fully saturated rings. The molecule has 5 nitrogen and oxygen atoms in total. The lowest BCUT2D eigenvalue weighted by Gasteiger charge is -2.26. The zero-order chi connectivity index (χ0) is 15.4. The van der Waals surface area contributed by atoms with E-state index in [1.54, 1.807) is 59.1 Å². The molecular formula is C15H23NO4. The number of nitrogens with one attached hydrogen (secondary N) is 1. The number of amides is 1. The van der Waals surface area contributed by atoms with Crippen LogP contribution in [0.1, 0.15) is 33.3 Å². The van der Waals surface area contributed by atoms with Gasteiger partial charge in [0.2, 0.25) is 0 Å². The van der Waals surface area contributed by atoms with Crippen molar-refractivity contribution in [3.8, 4) is 5.75 Å².